The Labute approximate surface area is 92.2 Å². The summed E-state index contributed by atoms with van der Waals surface area (Å²) in [6, 6.07) is -1.66. The van der Waals surface area contributed by atoms with Crippen molar-refractivity contribution in [3.8, 4) is 0 Å². The van der Waals surface area contributed by atoms with E-state index in [2.05, 4.69) is 10.0 Å². The first-order chi connectivity index (χ1) is 7.49. The molecule has 0 aliphatic rings. The van der Waals surface area contributed by atoms with Crippen molar-refractivity contribution in [2.75, 3.05) is 6.54 Å². The van der Waals surface area contributed by atoms with Crippen LogP contribution in [0.25, 0.3) is 10.4 Å². The minimum atomic E-state index is -1.08. The van der Waals surface area contributed by atoms with E-state index in [-0.39, 0.29) is 18.7 Å². The third kappa shape index (κ3) is 5.97. The fraction of sp³-hybridized carbons (Fsp3) is 0.750. The van der Waals surface area contributed by atoms with Crippen LogP contribution in [0.4, 0.5) is 0 Å². The van der Waals surface area contributed by atoms with Gasteiger partial charge in [-0.1, -0.05) is 5.11 Å². The van der Waals surface area contributed by atoms with Gasteiger partial charge in [-0.25, -0.2) is 0 Å². The van der Waals surface area contributed by atoms with Crippen molar-refractivity contribution in [3.63, 3.8) is 0 Å². The van der Waals surface area contributed by atoms with Gasteiger partial charge in [-0.15, -0.1) is 0 Å². The molecule has 1 unspecified atom stereocenters. The number of carboxylic acid groups (broad SMARTS) is 1. The molecule has 5 N–H and O–H groups in total. The molecule has 0 aliphatic carbocycles. The van der Waals surface area contributed by atoms with Crippen molar-refractivity contribution in [2.24, 2.45) is 16.6 Å². The number of azide groups is 1. The normalized spacial score (nSPS) is 13.6. The number of nitrogens with two attached hydrogens (primary N) is 2. The minimum Gasteiger partial charge on any atom is -0.480 e. The van der Waals surface area contributed by atoms with Crippen LogP contribution in [0, 0.1) is 0 Å². The van der Waals surface area contributed by atoms with Crippen molar-refractivity contribution >= 4 is 11.8 Å². The van der Waals surface area contributed by atoms with Gasteiger partial charge < -0.3 is 16.6 Å². The molecule has 0 aromatic heterocycles. The first kappa shape index (κ1) is 14.4. The van der Waals surface area contributed by atoms with Crippen molar-refractivity contribution in [1.82, 2.24) is 0 Å². The molecule has 0 saturated carbocycles. The smallest absolute Gasteiger partial charge is 0.320 e. The van der Waals surface area contributed by atoms with Crippen LogP contribution < -0.4 is 11.5 Å². The van der Waals surface area contributed by atoms with E-state index in [9.17, 15) is 9.59 Å². The van der Waals surface area contributed by atoms with Crippen LogP contribution in [0.5, 0.6) is 0 Å². The minimum absolute atomic E-state index is 0.262. The van der Waals surface area contributed by atoms with Gasteiger partial charge in [0, 0.05) is 4.91 Å². The molecule has 0 radical (unpaired) electrons. The van der Waals surface area contributed by atoms with E-state index in [0.29, 0.717) is 12.8 Å². The van der Waals surface area contributed by atoms with Crippen LogP contribution in [0.1, 0.15) is 19.3 Å². The molecule has 0 aliphatic heterocycles. The number of carbonyl (C=O) groups excluding carboxylic acids is 1. The second kappa shape index (κ2) is 7.63. The number of ketones is 1. The van der Waals surface area contributed by atoms with Crippen molar-refractivity contribution in [2.45, 2.75) is 31.3 Å². The molecule has 90 valence electrons. The summed E-state index contributed by atoms with van der Waals surface area (Å²) in [6.45, 7) is -0.275. The number of rotatable bonds is 8. The highest BCUT2D eigenvalue weighted by Gasteiger charge is 2.15. The number of carboxylic acids is 1. The monoisotopic (exact) mass is 229 g/mol. The molecule has 8 heteroatoms. The highest BCUT2D eigenvalue weighted by atomic mass is 16.4. The summed E-state index contributed by atoms with van der Waals surface area (Å²) in [5.74, 6) is -1.43. The molecule has 2 atom stereocenters. The quantitative estimate of drug-likeness (QED) is 0.298. The van der Waals surface area contributed by atoms with E-state index in [1.807, 2.05) is 0 Å². The standard InChI is InChI=1S/C8H15N5O3/c9-5(7(14)4-12-13-11)2-1-3-6(10)8(15)16/h5-6H,1-4,9-10H2,(H,15,16)/t5?,6-/m0/s1. The Morgan fingerprint density at radius 3 is 2.38 bits per heavy atom. The molecule has 0 amide bonds. The summed E-state index contributed by atoms with van der Waals surface area (Å²) >= 11 is 0. The Morgan fingerprint density at radius 1 is 1.31 bits per heavy atom. The zero-order valence-electron chi connectivity index (χ0n) is 8.74. The first-order valence-electron chi connectivity index (χ1n) is 4.76. The maximum absolute atomic E-state index is 11.2. The molecule has 0 heterocycles. The average Bonchev–Trinajstić information content (AvgIpc) is 2.25. The fourth-order valence-corrected chi connectivity index (χ4v) is 1.06. The van der Waals surface area contributed by atoms with Gasteiger partial charge in [0.25, 0.3) is 0 Å². The van der Waals surface area contributed by atoms with E-state index >= 15 is 0 Å². The second-order valence-corrected chi connectivity index (χ2v) is 3.34. The summed E-state index contributed by atoms with van der Waals surface area (Å²) in [4.78, 5) is 24.0. The Kier molecular flexibility index (Phi) is 6.86. The molecule has 16 heavy (non-hydrogen) atoms. The molecule has 0 aromatic carbocycles. The molecule has 0 aromatic rings. The van der Waals surface area contributed by atoms with Crippen molar-refractivity contribution in [3.05, 3.63) is 10.4 Å². The predicted octanol–water partition coefficient (Wildman–Crippen LogP) is -0.225. The largest absolute Gasteiger partial charge is 0.480 e. The molecule has 0 rings (SSSR count). The SMILES string of the molecule is [N-]=[N+]=NCC(=O)C(N)CCC[C@H](N)C(=O)O. The summed E-state index contributed by atoms with van der Waals surface area (Å²) in [6.07, 6.45) is 1.04. The first-order valence-corrected chi connectivity index (χ1v) is 4.76. The van der Waals surface area contributed by atoms with Gasteiger partial charge in [-0.2, -0.15) is 0 Å². The Morgan fingerprint density at radius 2 is 1.88 bits per heavy atom. The van der Waals surface area contributed by atoms with Crippen molar-refractivity contribution < 1.29 is 14.7 Å². The summed E-state index contributed by atoms with van der Waals surface area (Å²) in [7, 11) is 0. The molecule has 0 bridgehead atoms. The lowest BCUT2D eigenvalue weighted by molar-refractivity contribution is -0.138. The van der Waals surface area contributed by atoms with Crippen LogP contribution in [0.2, 0.25) is 0 Å². The van der Waals surface area contributed by atoms with E-state index in [0.717, 1.165) is 0 Å². The van der Waals surface area contributed by atoms with E-state index in [1.54, 1.807) is 0 Å². The van der Waals surface area contributed by atoms with E-state index in [4.69, 9.17) is 22.1 Å². The van der Waals surface area contributed by atoms with Crippen LogP contribution in [0.15, 0.2) is 5.11 Å². The predicted molar refractivity (Wildman–Crippen MR) is 56.5 cm³/mol. The maximum atomic E-state index is 11.2. The summed E-state index contributed by atoms with van der Waals surface area (Å²) in [5, 5.41) is 11.6. The van der Waals surface area contributed by atoms with Gasteiger partial charge in [0.05, 0.1) is 12.6 Å². The van der Waals surface area contributed by atoms with Gasteiger partial charge in [0.2, 0.25) is 0 Å². The lowest BCUT2D eigenvalue weighted by atomic mass is 10.0. The average molecular weight is 229 g/mol. The topological polar surface area (TPSA) is 155 Å². The lowest BCUT2D eigenvalue weighted by Gasteiger charge is -2.10. The zero-order chi connectivity index (χ0) is 12.6. The number of carbonyl (C=O) groups is 2. The third-order valence-corrected chi connectivity index (χ3v) is 2.05. The van der Waals surface area contributed by atoms with Gasteiger partial charge in [0.15, 0.2) is 5.78 Å². The van der Waals surface area contributed by atoms with Gasteiger partial charge >= 0.3 is 5.97 Å². The maximum Gasteiger partial charge on any atom is 0.320 e. The van der Waals surface area contributed by atoms with Gasteiger partial charge in [0.1, 0.15) is 6.04 Å². The number of hydrogen-bond donors (Lipinski definition) is 3. The van der Waals surface area contributed by atoms with Crippen molar-refractivity contribution in [1.29, 1.82) is 0 Å². The molecular weight excluding hydrogens is 214 g/mol. The fourth-order valence-electron chi connectivity index (χ4n) is 1.06. The molecule has 8 nitrogen and oxygen atoms in total. The zero-order valence-corrected chi connectivity index (χ0v) is 8.74. The number of nitrogens with zero attached hydrogens (tertiary/aromatic N) is 3. The highest BCUT2D eigenvalue weighted by Crippen LogP contribution is 2.03. The van der Waals surface area contributed by atoms with Crippen LogP contribution >= 0.6 is 0 Å². The third-order valence-electron chi connectivity index (χ3n) is 2.05. The van der Waals surface area contributed by atoms with Gasteiger partial charge in [-0.3, -0.25) is 9.59 Å². The molecule has 0 spiro atoms. The second-order valence-electron chi connectivity index (χ2n) is 3.34. The summed E-state index contributed by atoms with van der Waals surface area (Å²) < 4.78 is 0. The summed E-state index contributed by atoms with van der Waals surface area (Å²) in [5.41, 5.74) is 18.8. The highest BCUT2D eigenvalue weighted by molar-refractivity contribution is 5.85. The number of Topliss-reactive ketones (excluding diaryl/α,β-unsaturated/α-hetero) is 1. The number of aliphatic carboxylic acids is 1. The molecule has 0 saturated heterocycles. The Hall–Kier alpha value is -1.63. The Bertz CT molecular complexity index is 300. The Balaban J connectivity index is 3.80. The van der Waals surface area contributed by atoms with E-state index < -0.39 is 18.1 Å². The van der Waals surface area contributed by atoms with Crippen LogP contribution in [0.3, 0.4) is 0 Å². The molecule has 0 fully saturated rings. The van der Waals surface area contributed by atoms with Crippen LogP contribution in [-0.4, -0.2) is 35.5 Å². The van der Waals surface area contributed by atoms with E-state index in [1.165, 1.54) is 0 Å². The van der Waals surface area contributed by atoms with Gasteiger partial charge in [-0.05, 0) is 24.8 Å². The lowest BCUT2D eigenvalue weighted by Crippen LogP contribution is -2.34. The molecular formula is C8H15N5O3. The van der Waals surface area contributed by atoms with Crippen LogP contribution in [-0.2, 0) is 9.59 Å². The number of hydrogen-bond acceptors (Lipinski definition) is 5.